The number of ether oxygens (including phenoxy) is 2. The van der Waals surface area contributed by atoms with Crippen molar-refractivity contribution < 1.29 is 24.2 Å². The zero-order valence-corrected chi connectivity index (χ0v) is 14.7. The van der Waals surface area contributed by atoms with Gasteiger partial charge in [-0.2, -0.15) is 0 Å². The van der Waals surface area contributed by atoms with Gasteiger partial charge in [0.25, 0.3) is 5.91 Å². The number of nitrogens with zero attached hydrogens (tertiary/aromatic N) is 1. The van der Waals surface area contributed by atoms with Crippen molar-refractivity contribution in [2.45, 2.75) is 78.2 Å². The maximum Gasteiger partial charge on any atom is 0.417 e. The average Bonchev–Trinajstić information content (AvgIpc) is 2.33. The van der Waals surface area contributed by atoms with E-state index in [2.05, 4.69) is 0 Å². The molecule has 0 spiro atoms. The van der Waals surface area contributed by atoms with E-state index in [4.69, 9.17) is 9.47 Å². The fraction of sp³-hybridized carbons (Fsp3) is 0.875. The monoisotopic (exact) mass is 315 g/mol. The lowest BCUT2D eigenvalue weighted by Gasteiger charge is -2.43. The van der Waals surface area contributed by atoms with Crippen molar-refractivity contribution in [1.29, 1.82) is 0 Å². The molecule has 1 heterocycles. The van der Waals surface area contributed by atoms with Gasteiger partial charge in [0.1, 0.15) is 5.60 Å². The average molecular weight is 315 g/mol. The summed E-state index contributed by atoms with van der Waals surface area (Å²) in [5, 5.41) is 10.1. The number of aliphatic hydroxyl groups is 1. The molecule has 1 rings (SSSR count). The second-order valence-electron chi connectivity index (χ2n) is 7.51. The van der Waals surface area contributed by atoms with Crippen molar-refractivity contribution in [3.8, 4) is 0 Å². The summed E-state index contributed by atoms with van der Waals surface area (Å²) < 4.78 is 10.9. The maximum atomic E-state index is 12.7. The van der Waals surface area contributed by atoms with E-state index in [1.165, 1.54) is 13.8 Å². The van der Waals surface area contributed by atoms with Gasteiger partial charge in [-0.25, -0.2) is 9.69 Å². The topological polar surface area (TPSA) is 76.1 Å². The van der Waals surface area contributed by atoms with Crippen LogP contribution in [0.3, 0.4) is 0 Å². The first kappa shape index (κ1) is 18.9. The lowest BCUT2D eigenvalue weighted by Crippen LogP contribution is -2.63. The molecule has 0 saturated carbocycles. The third-order valence-corrected chi connectivity index (χ3v) is 3.76. The number of hydrogen-bond donors (Lipinski definition) is 1. The molecule has 1 fully saturated rings. The minimum Gasteiger partial charge on any atom is -0.443 e. The first-order valence-corrected chi connectivity index (χ1v) is 7.78. The van der Waals surface area contributed by atoms with Crippen LogP contribution < -0.4 is 0 Å². The third-order valence-electron chi connectivity index (χ3n) is 3.76. The van der Waals surface area contributed by atoms with Crippen LogP contribution in [0.2, 0.25) is 0 Å². The molecular weight excluding hydrogens is 286 g/mol. The van der Waals surface area contributed by atoms with Crippen molar-refractivity contribution in [3.05, 3.63) is 0 Å². The van der Waals surface area contributed by atoms with Gasteiger partial charge >= 0.3 is 6.09 Å². The predicted molar refractivity (Wildman–Crippen MR) is 82.4 cm³/mol. The number of carbonyl (C=O) groups is 2. The number of carbonyl (C=O) groups excluding carboxylic acids is 2. The van der Waals surface area contributed by atoms with Crippen molar-refractivity contribution >= 4 is 12.0 Å². The second-order valence-corrected chi connectivity index (χ2v) is 7.51. The quantitative estimate of drug-likeness (QED) is 0.865. The summed E-state index contributed by atoms with van der Waals surface area (Å²) in [4.78, 5) is 26.3. The largest absolute Gasteiger partial charge is 0.443 e. The Hall–Kier alpha value is -1.14. The number of rotatable bonds is 3. The summed E-state index contributed by atoms with van der Waals surface area (Å²) in [6.45, 7) is 12.4. The highest BCUT2D eigenvalue weighted by molar-refractivity contribution is 5.96. The molecule has 0 radical (unpaired) electrons. The van der Waals surface area contributed by atoms with Crippen molar-refractivity contribution in [1.82, 2.24) is 4.90 Å². The Kier molecular flexibility index (Phi) is 5.62. The molecular formula is C16H29NO5. The van der Waals surface area contributed by atoms with Gasteiger partial charge in [0.15, 0.2) is 6.10 Å². The minimum absolute atomic E-state index is 0.0826. The summed E-state index contributed by atoms with van der Waals surface area (Å²) in [6.07, 6.45) is -0.950. The van der Waals surface area contributed by atoms with Crippen LogP contribution >= 0.6 is 0 Å². The van der Waals surface area contributed by atoms with Gasteiger partial charge in [-0.3, -0.25) is 4.79 Å². The standard InChI is InChI=1S/C16H29NO5/c1-8-10(2)11-9-21-12(16(6,7)20)13(18)17(11)14(19)22-15(3,4)5/h10-12,20H,8-9H2,1-7H3/t10-,11+,12-/m0/s1. The Bertz CT molecular complexity index is 421. The summed E-state index contributed by atoms with van der Waals surface area (Å²) in [6, 6.07) is -0.383. The summed E-state index contributed by atoms with van der Waals surface area (Å²) in [5.41, 5.74) is -2.06. The highest BCUT2D eigenvalue weighted by atomic mass is 16.6. The van der Waals surface area contributed by atoms with Gasteiger partial charge in [-0.15, -0.1) is 0 Å². The first-order valence-electron chi connectivity index (χ1n) is 7.78. The molecule has 6 nitrogen and oxygen atoms in total. The van der Waals surface area contributed by atoms with E-state index in [0.29, 0.717) is 0 Å². The molecule has 0 aromatic rings. The highest BCUT2D eigenvalue weighted by Crippen LogP contribution is 2.28. The zero-order valence-electron chi connectivity index (χ0n) is 14.7. The molecule has 0 aromatic heterocycles. The molecule has 3 atom stereocenters. The van der Waals surface area contributed by atoms with Crippen LogP contribution in [-0.2, 0) is 14.3 Å². The number of morpholine rings is 1. The summed E-state index contributed by atoms with van der Waals surface area (Å²) in [5.74, 6) is -0.461. The van der Waals surface area contributed by atoms with Crippen LogP contribution in [0, 0.1) is 5.92 Å². The van der Waals surface area contributed by atoms with E-state index < -0.39 is 29.3 Å². The van der Waals surface area contributed by atoms with E-state index in [9.17, 15) is 14.7 Å². The molecule has 1 aliphatic heterocycles. The third kappa shape index (κ3) is 4.43. The van der Waals surface area contributed by atoms with Crippen molar-refractivity contribution in [2.24, 2.45) is 5.92 Å². The Morgan fingerprint density at radius 2 is 1.95 bits per heavy atom. The Balaban J connectivity index is 3.09. The van der Waals surface area contributed by atoms with Crippen LogP contribution in [0.25, 0.3) is 0 Å². The smallest absolute Gasteiger partial charge is 0.417 e. The fourth-order valence-electron chi connectivity index (χ4n) is 2.36. The van der Waals surface area contributed by atoms with Gasteiger partial charge in [0.05, 0.1) is 18.2 Å². The van der Waals surface area contributed by atoms with Gasteiger partial charge in [-0.05, 0) is 40.5 Å². The van der Waals surface area contributed by atoms with E-state index in [0.717, 1.165) is 11.3 Å². The van der Waals surface area contributed by atoms with Gasteiger partial charge in [0, 0.05) is 0 Å². The van der Waals surface area contributed by atoms with Crippen LogP contribution in [-0.4, -0.2) is 52.0 Å². The molecule has 1 aliphatic rings. The van der Waals surface area contributed by atoms with E-state index in [1.807, 2.05) is 13.8 Å². The minimum atomic E-state index is -1.36. The number of imide groups is 1. The molecule has 0 unspecified atom stereocenters. The van der Waals surface area contributed by atoms with E-state index in [-0.39, 0.29) is 18.6 Å². The molecule has 0 aliphatic carbocycles. The molecule has 1 N–H and O–H groups in total. The van der Waals surface area contributed by atoms with Crippen molar-refractivity contribution in [2.75, 3.05) is 6.61 Å². The lowest BCUT2D eigenvalue weighted by molar-refractivity contribution is -0.180. The zero-order chi connectivity index (χ0) is 17.3. The fourth-order valence-corrected chi connectivity index (χ4v) is 2.36. The Morgan fingerprint density at radius 3 is 2.36 bits per heavy atom. The number of amides is 2. The SMILES string of the molecule is CC[C@H](C)[C@H]1CO[C@H](C(C)(C)O)C(=O)N1C(=O)OC(C)(C)C. The molecule has 1 saturated heterocycles. The summed E-state index contributed by atoms with van der Waals surface area (Å²) in [7, 11) is 0. The predicted octanol–water partition coefficient (Wildman–Crippen LogP) is 2.33. The molecule has 0 bridgehead atoms. The molecule has 0 aromatic carbocycles. The normalized spacial score (nSPS) is 25.1. The summed E-state index contributed by atoms with van der Waals surface area (Å²) >= 11 is 0. The number of hydrogen-bond acceptors (Lipinski definition) is 5. The molecule has 2 amide bonds. The second kappa shape index (κ2) is 6.54. The maximum absolute atomic E-state index is 12.7. The highest BCUT2D eigenvalue weighted by Gasteiger charge is 2.48. The Labute approximate surface area is 132 Å². The van der Waals surface area contributed by atoms with Gasteiger partial charge < -0.3 is 14.6 Å². The lowest BCUT2D eigenvalue weighted by atomic mass is 9.93. The van der Waals surface area contributed by atoms with Crippen LogP contribution in [0.5, 0.6) is 0 Å². The van der Waals surface area contributed by atoms with Crippen LogP contribution in [0.15, 0.2) is 0 Å². The van der Waals surface area contributed by atoms with Gasteiger partial charge in [-0.1, -0.05) is 20.3 Å². The molecule has 22 heavy (non-hydrogen) atoms. The van der Waals surface area contributed by atoms with Crippen LogP contribution in [0.4, 0.5) is 4.79 Å². The molecule has 6 heteroatoms. The van der Waals surface area contributed by atoms with E-state index in [1.54, 1.807) is 20.8 Å². The van der Waals surface area contributed by atoms with Crippen LogP contribution in [0.1, 0.15) is 54.9 Å². The van der Waals surface area contributed by atoms with E-state index >= 15 is 0 Å². The molecule has 128 valence electrons. The Morgan fingerprint density at radius 1 is 1.41 bits per heavy atom. The van der Waals surface area contributed by atoms with Crippen molar-refractivity contribution in [3.63, 3.8) is 0 Å². The van der Waals surface area contributed by atoms with Gasteiger partial charge in [0.2, 0.25) is 0 Å². The first-order chi connectivity index (χ1) is 9.88.